The highest BCUT2D eigenvalue weighted by Gasteiger charge is 2.32. The molecule has 0 aromatic heterocycles. The molecule has 2 N–H and O–H groups in total. The van der Waals surface area contributed by atoms with Crippen LogP contribution in [0.5, 0.6) is 0 Å². The number of aromatic carboxylic acids is 1. The number of carbonyl (C=O) groups is 1. The first-order valence-electron chi connectivity index (χ1n) is 6.40. The summed E-state index contributed by atoms with van der Waals surface area (Å²) in [5.41, 5.74) is 0.603. The lowest BCUT2D eigenvalue weighted by Crippen LogP contribution is -2.30. The summed E-state index contributed by atoms with van der Waals surface area (Å²) in [6.07, 6.45) is 0.265. The van der Waals surface area contributed by atoms with E-state index < -0.39 is 22.1 Å². The Morgan fingerprint density at radius 3 is 2.65 bits per heavy atom. The predicted molar refractivity (Wildman–Crippen MR) is 72.2 cm³/mol. The van der Waals surface area contributed by atoms with E-state index in [0.717, 1.165) is 0 Å². The highest BCUT2D eigenvalue weighted by atomic mass is 32.2. The van der Waals surface area contributed by atoms with E-state index in [4.69, 9.17) is 5.11 Å². The van der Waals surface area contributed by atoms with Crippen LogP contribution in [0.1, 0.15) is 29.3 Å². The van der Waals surface area contributed by atoms with Crippen molar-refractivity contribution in [1.82, 2.24) is 4.31 Å². The minimum Gasteiger partial charge on any atom is -0.478 e. The fourth-order valence-electron chi connectivity index (χ4n) is 2.30. The molecule has 1 aliphatic heterocycles. The number of β-amino-alcohol motifs (C(OH)–C–C–N with tert-alkyl or cyclic N) is 1. The van der Waals surface area contributed by atoms with Gasteiger partial charge in [-0.25, -0.2) is 13.2 Å². The molecule has 1 aromatic rings. The maximum atomic E-state index is 12.4. The van der Waals surface area contributed by atoms with Gasteiger partial charge in [0.1, 0.15) is 0 Å². The van der Waals surface area contributed by atoms with E-state index in [9.17, 15) is 18.3 Å². The molecule has 1 aromatic carbocycles. The Morgan fingerprint density at radius 1 is 1.45 bits per heavy atom. The average molecular weight is 299 g/mol. The Labute approximate surface area is 117 Å². The quantitative estimate of drug-likeness (QED) is 0.853. The summed E-state index contributed by atoms with van der Waals surface area (Å²) in [6, 6.07) is 4.15. The van der Waals surface area contributed by atoms with E-state index in [1.54, 1.807) is 0 Å². The number of carboxylic acids is 1. The van der Waals surface area contributed by atoms with Crippen molar-refractivity contribution in [1.29, 1.82) is 0 Å². The average Bonchev–Trinajstić information content (AvgIpc) is 2.85. The van der Waals surface area contributed by atoms with E-state index in [-0.39, 0.29) is 23.5 Å². The molecule has 20 heavy (non-hydrogen) atoms. The molecule has 0 spiro atoms. The zero-order valence-corrected chi connectivity index (χ0v) is 11.9. The summed E-state index contributed by atoms with van der Waals surface area (Å²) >= 11 is 0. The molecular formula is C13H17NO5S. The van der Waals surface area contributed by atoms with Crippen LogP contribution in [0, 0.1) is 0 Å². The Balaban J connectivity index is 2.42. The summed E-state index contributed by atoms with van der Waals surface area (Å²) in [5, 5.41) is 18.6. The second-order valence-corrected chi connectivity index (χ2v) is 6.72. The predicted octanol–water partition coefficient (Wildman–Crippen LogP) is 0.703. The van der Waals surface area contributed by atoms with Crippen molar-refractivity contribution in [3.05, 3.63) is 29.3 Å². The third kappa shape index (κ3) is 2.70. The third-order valence-electron chi connectivity index (χ3n) is 3.46. The van der Waals surface area contributed by atoms with Gasteiger partial charge in [0.05, 0.1) is 16.6 Å². The first-order valence-corrected chi connectivity index (χ1v) is 7.84. The molecule has 1 heterocycles. The van der Waals surface area contributed by atoms with E-state index in [1.165, 1.54) is 22.5 Å². The van der Waals surface area contributed by atoms with Gasteiger partial charge >= 0.3 is 5.97 Å². The standard InChI is InChI=1S/C13H17NO5S/c1-2-9-3-4-11(7-12(9)13(16)17)20(18,19)14-6-5-10(15)8-14/h3-4,7,10,15H,2,5-6,8H2,1H3,(H,16,17)/t10-/m1/s1. The van der Waals surface area contributed by atoms with Gasteiger partial charge in [0.2, 0.25) is 10.0 Å². The van der Waals surface area contributed by atoms with Crippen molar-refractivity contribution in [3.8, 4) is 0 Å². The van der Waals surface area contributed by atoms with Crippen molar-refractivity contribution in [2.45, 2.75) is 30.8 Å². The highest BCUT2D eigenvalue weighted by molar-refractivity contribution is 7.89. The largest absolute Gasteiger partial charge is 0.478 e. The number of carboxylic acid groups (broad SMARTS) is 1. The van der Waals surface area contributed by atoms with Crippen LogP contribution >= 0.6 is 0 Å². The molecule has 1 atom stereocenters. The van der Waals surface area contributed by atoms with Crippen LogP contribution in [0.3, 0.4) is 0 Å². The van der Waals surface area contributed by atoms with Crippen LogP contribution < -0.4 is 0 Å². The van der Waals surface area contributed by atoms with Gasteiger partial charge in [-0.3, -0.25) is 0 Å². The smallest absolute Gasteiger partial charge is 0.336 e. The lowest BCUT2D eigenvalue weighted by molar-refractivity contribution is 0.0695. The van der Waals surface area contributed by atoms with Crippen molar-refractivity contribution in [2.75, 3.05) is 13.1 Å². The molecule has 0 radical (unpaired) electrons. The van der Waals surface area contributed by atoms with Gasteiger partial charge in [0.15, 0.2) is 0 Å². The molecule has 1 aliphatic rings. The summed E-state index contributed by atoms with van der Waals surface area (Å²) in [6.45, 7) is 2.12. The van der Waals surface area contributed by atoms with Crippen LogP contribution in [-0.4, -0.2) is 48.1 Å². The van der Waals surface area contributed by atoms with Crippen molar-refractivity contribution < 1.29 is 23.4 Å². The summed E-state index contributed by atoms with van der Waals surface area (Å²) in [5.74, 6) is -1.14. The summed E-state index contributed by atoms with van der Waals surface area (Å²) in [4.78, 5) is 11.1. The normalized spacial score (nSPS) is 20.2. The highest BCUT2D eigenvalue weighted by Crippen LogP contribution is 2.23. The summed E-state index contributed by atoms with van der Waals surface area (Å²) < 4.78 is 25.9. The zero-order valence-electron chi connectivity index (χ0n) is 11.1. The molecule has 110 valence electrons. The number of benzene rings is 1. The molecule has 6 nitrogen and oxygen atoms in total. The topological polar surface area (TPSA) is 94.9 Å². The van der Waals surface area contributed by atoms with Gasteiger partial charge < -0.3 is 10.2 Å². The van der Waals surface area contributed by atoms with Gasteiger partial charge in [0.25, 0.3) is 0 Å². The van der Waals surface area contributed by atoms with Crippen LogP contribution in [-0.2, 0) is 16.4 Å². The Morgan fingerprint density at radius 2 is 2.15 bits per heavy atom. The number of sulfonamides is 1. The molecule has 0 saturated carbocycles. The van der Waals surface area contributed by atoms with E-state index in [0.29, 0.717) is 18.4 Å². The number of nitrogens with zero attached hydrogens (tertiary/aromatic N) is 1. The molecule has 0 unspecified atom stereocenters. The maximum Gasteiger partial charge on any atom is 0.336 e. The number of hydrogen-bond acceptors (Lipinski definition) is 4. The van der Waals surface area contributed by atoms with Crippen LogP contribution in [0.15, 0.2) is 23.1 Å². The fraction of sp³-hybridized carbons (Fsp3) is 0.462. The Bertz CT molecular complexity index is 626. The number of rotatable bonds is 4. The molecule has 0 amide bonds. The number of aryl methyl sites for hydroxylation is 1. The minimum absolute atomic E-state index is 0.00770. The van der Waals surface area contributed by atoms with Gasteiger partial charge in [-0.15, -0.1) is 0 Å². The molecule has 0 bridgehead atoms. The molecule has 1 fully saturated rings. The van der Waals surface area contributed by atoms with Gasteiger partial charge in [-0.05, 0) is 30.5 Å². The third-order valence-corrected chi connectivity index (χ3v) is 5.32. The second kappa shape index (κ2) is 5.51. The molecule has 1 saturated heterocycles. The van der Waals surface area contributed by atoms with Crippen LogP contribution in [0.25, 0.3) is 0 Å². The maximum absolute atomic E-state index is 12.4. The van der Waals surface area contributed by atoms with Crippen molar-refractivity contribution in [2.24, 2.45) is 0 Å². The van der Waals surface area contributed by atoms with E-state index in [1.807, 2.05) is 6.92 Å². The Hall–Kier alpha value is -1.44. The fourth-order valence-corrected chi connectivity index (χ4v) is 3.82. The zero-order chi connectivity index (χ0) is 14.9. The minimum atomic E-state index is -3.74. The van der Waals surface area contributed by atoms with E-state index >= 15 is 0 Å². The first kappa shape index (κ1) is 15.0. The SMILES string of the molecule is CCc1ccc(S(=O)(=O)N2CC[C@@H](O)C2)cc1C(=O)O. The van der Waals surface area contributed by atoms with Crippen LogP contribution in [0.4, 0.5) is 0 Å². The summed E-state index contributed by atoms with van der Waals surface area (Å²) in [7, 11) is -3.74. The van der Waals surface area contributed by atoms with E-state index in [2.05, 4.69) is 0 Å². The lowest BCUT2D eigenvalue weighted by atomic mass is 10.1. The molecule has 7 heteroatoms. The lowest BCUT2D eigenvalue weighted by Gasteiger charge is -2.16. The molecule has 0 aliphatic carbocycles. The monoisotopic (exact) mass is 299 g/mol. The molecule has 2 rings (SSSR count). The van der Waals surface area contributed by atoms with Gasteiger partial charge in [-0.1, -0.05) is 13.0 Å². The first-order chi connectivity index (χ1) is 9.36. The number of aliphatic hydroxyl groups excluding tert-OH is 1. The van der Waals surface area contributed by atoms with Crippen molar-refractivity contribution in [3.63, 3.8) is 0 Å². The van der Waals surface area contributed by atoms with Gasteiger partial charge in [0, 0.05) is 13.1 Å². The number of hydrogen-bond donors (Lipinski definition) is 2. The van der Waals surface area contributed by atoms with Crippen molar-refractivity contribution >= 4 is 16.0 Å². The van der Waals surface area contributed by atoms with Gasteiger partial charge in [-0.2, -0.15) is 4.31 Å². The van der Waals surface area contributed by atoms with Crippen LogP contribution in [0.2, 0.25) is 0 Å². The second-order valence-electron chi connectivity index (χ2n) is 4.78. The number of aliphatic hydroxyl groups is 1. The Kier molecular flexibility index (Phi) is 4.12. The molecular weight excluding hydrogens is 282 g/mol.